The minimum atomic E-state index is 0.0647. The maximum Gasteiger partial charge on any atom is 0.229 e. The van der Waals surface area contributed by atoms with Gasteiger partial charge in [-0.1, -0.05) is 19.0 Å². The van der Waals surface area contributed by atoms with Gasteiger partial charge in [0.25, 0.3) is 0 Å². The van der Waals surface area contributed by atoms with Crippen LogP contribution in [-0.2, 0) is 16.1 Å². The van der Waals surface area contributed by atoms with Crippen molar-refractivity contribution in [1.82, 2.24) is 19.9 Å². The molecule has 0 aliphatic carbocycles. The molecule has 0 spiro atoms. The molecule has 1 amide bonds. The average molecular weight is 336 g/mol. The Hall–Kier alpha value is -1.47. The number of nitrogens with zero attached hydrogens (tertiary/aromatic N) is 4. The molecule has 2 atom stereocenters. The van der Waals surface area contributed by atoms with E-state index in [0.717, 1.165) is 45.5 Å². The smallest absolute Gasteiger partial charge is 0.229 e. The monoisotopic (exact) mass is 336 g/mol. The van der Waals surface area contributed by atoms with E-state index in [1.807, 2.05) is 18.7 Å². The predicted octanol–water partition coefficient (Wildman–Crippen LogP) is 1.79. The zero-order valence-corrected chi connectivity index (χ0v) is 14.9. The molecule has 3 rings (SSSR count). The molecular formula is C17H28N4O3. The highest BCUT2D eigenvalue weighted by Gasteiger charge is 2.32. The number of rotatable bonds is 6. The van der Waals surface area contributed by atoms with Gasteiger partial charge in [-0.2, -0.15) is 4.98 Å². The molecular weight excluding hydrogens is 308 g/mol. The fourth-order valence-corrected chi connectivity index (χ4v) is 3.52. The fraction of sp³-hybridized carbons (Fsp3) is 0.824. The fourth-order valence-electron chi connectivity index (χ4n) is 3.52. The van der Waals surface area contributed by atoms with Crippen molar-refractivity contribution in [2.24, 2.45) is 0 Å². The van der Waals surface area contributed by atoms with Crippen LogP contribution < -0.4 is 0 Å². The van der Waals surface area contributed by atoms with Gasteiger partial charge in [-0.3, -0.25) is 9.69 Å². The van der Waals surface area contributed by atoms with E-state index in [9.17, 15) is 4.79 Å². The number of hydrogen-bond acceptors (Lipinski definition) is 6. The normalized spacial score (nSPS) is 24.8. The molecule has 0 saturated carbocycles. The zero-order chi connectivity index (χ0) is 17.1. The third kappa shape index (κ3) is 4.13. The number of carbonyl (C=O) groups is 1. The summed E-state index contributed by atoms with van der Waals surface area (Å²) < 4.78 is 11.0. The number of aromatic nitrogens is 2. The Morgan fingerprint density at radius 3 is 2.88 bits per heavy atom. The summed E-state index contributed by atoms with van der Waals surface area (Å²) in [5.41, 5.74) is 0. The summed E-state index contributed by atoms with van der Waals surface area (Å²) in [7, 11) is 0. The van der Waals surface area contributed by atoms with Crippen molar-refractivity contribution in [3.05, 3.63) is 11.7 Å². The van der Waals surface area contributed by atoms with Crippen molar-refractivity contribution in [1.29, 1.82) is 0 Å². The third-order valence-electron chi connectivity index (χ3n) is 4.87. The van der Waals surface area contributed by atoms with Crippen molar-refractivity contribution in [3.8, 4) is 0 Å². The number of amides is 1. The van der Waals surface area contributed by atoms with Crippen molar-refractivity contribution >= 4 is 5.91 Å². The highest BCUT2D eigenvalue weighted by Crippen LogP contribution is 2.21. The predicted molar refractivity (Wildman–Crippen MR) is 88.4 cm³/mol. The van der Waals surface area contributed by atoms with Crippen LogP contribution in [0.25, 0.3) is 0 Å². The second-order valence-corrected chi connectivity index (χ2v) is 7.19. The van der Waals surface area contributed by atoms with Gasteiger partial charge in [-0.25, -0.2) is 0 Å². The van der Waals surface area contributed by atoms with Crippen LogP contribution in [0.3, 0.4) is 0 Å². The molecule has 134 valence electrons. The van der Waals surface area contributed by atoms with Crippen LogP contribution in [0.2, 0.25) is 0 Å². The lowest BCUT2D eigenvalue weighted by Crippen LogP contribution is -2.41. The maximum absolute atomic E-state index is 12.1. The van der Waals surface area contributed by atoms with E-state index >= 15 is 0 Å². The number of hydrogen-bond donors (Lipinski definition) is 0. The SMILES string of the molecule is CC(=O)N(Cc1noc(C(C)C)n1)[C@@H]1CCN(C[C@H]2CCCO2)C1. The summed E-state index contributed by atoms with van der Waals surface area (Å²) >= 11 is 0. The third-order valence-corrected chi connectivity index (χ3v) is 4.87. The van der Waals surface area contributed by atoms with Crippen molar-refractivity contribution < 1.29 is 14.1 Å². The first-order valence-corrected chi connectivity index (χ1v) is 8.96. The van der Waals surface area contributed by atoms with E-state index in [-0.39, 0.29) is 17.9 Å². The van der Waals surface area contributed by atoms with Crippen LogP contribution in [0.4, 0.5) is 0 Å². The Balaban J connectivity index is 1.58. The lowest BCUT2D eigenvalue weighted by molar-refractivity contribution is -0.131. The minimum absolute atomic E-state index is 0.0647. The molecule has 7 heteroatoms. The second-order valence-electron chi connectivity index (χ2n) is 7.19. The first kappa shape index (κ1) is 17.4. The molecule has 0 bridgehead atoms. The molecule has 24 heavy (non-hydrogen) atoms. The summed E-state index contributed by atoms with van der Waals surface area (Å²) in [6.07, 6.45) is 3.66. The van der Waals surface area contributed by atoms with Gasteiger partial charge >= 0.3 is 0 Å². The van der Waals surface area contributed by atoms with Gasteiger partial charge in [0.1, 0.15) is 0 Å². The molecule has 0 unspecified atom stereocenters. The lowest BCUT2D eigenvalue weighted by atomic mass is 10.2. The van der Waals surface area contributed by atoms with Gasteiger partial charge in [0.15, 0.2) is 5.82 Å². The molecule has 2 fully saturated rings. The minimum Gasteiger partial charge on any atom is -0.377 e. The Bertz CT molecular complexity index is 554. The number of carbonyl (C=O) groups excluding carboxylic acids is 1. The molecule has 1 aromatic rings. The Morgan fingerprint density at radius 1 is 1.42 bits per heavy atom. The summed E-state index contributed by atoms with van der Waals surface area (Å²) in [6, 6.07) is 0.213. The van der Waals surface area contributed by atoms with Gasteiger partial charge in [-0.05, 0) is 19.3 Å². The van der Waals surface area contributed by atoms with E-state index in [4.69, 9.17) is 9.26 Å². The molecule has 0 N–H and O–H groups in total. The van der Waals surface area contributed by atoms with Crippen molar-refractivity contribution in [2.75, 3.05) is 26.2 Å². The standard InChI is InChI=1S/C17H28N4O3/c1-12(2)17-18-16(19-24-17)11-21(13(3)22)14-6-7-20(9-14)10-15-5-4-8-23-15/h12,14-15H,4-11H2,1-3H3/t14-,15-/m1/s1. The molecule has 2 aliphatic rings. The van der Waals surface area contributed by atoms with Gasteiger partial charge in [0.05, 0.1) is 12.6 Å². The Morgan fingerprint density at radius 2 is 2.25 bits per heavy atom. The van der Waals surface area contributed by atoms with E-state index in [0.29, 0.717) is 24.4 Å². The van der Waals surface area contributed by atoms with Crippen LogP contribution in [-0.4, -0.2) is 64.2 Å². The van der Waals surface area contributed by atoms with E-state index in [2.05, 4.69) is 15.0 Å². The molecule has 2 saturated heterocycles. The van der Waals surface area contributed by atoms with Crippen LogP contribution in [0.5, 0.6) is 0 Å². The lowest BCUT2D eigenvalue weighted by Gasteiger charge is -2.27. The molecule has 3 heterocycles. The summed E-state index contributed by atoms with van der Waals surface area (Å²) in [6.45, 7) is 9.84. The highest BCUT2D eigenvalue weighted by atomic mass is 16.5. The average Bonchev–Trinajstić information content (AvgIpc) is 3.26. The van der Waals surface area contributed by atoms with Gasteiger partial charge in [0, 0.05) is 45.1 Å². The largest absolute Gasteiger partial charge is 0.377 e. The molecule has 0 radical (unpaired) electrons. The molecule has 0 aromatic carbocycles. The van der Waals surface area contributed by atoms with Crippen molar-refractivity contribution in [3.63, 3.8) is 0 Å². The van der Waals surface area contributed by atoms with Gasteiger partial charge < -0.3 is 14.2 Å². The zero-order valence-electron chi connectivity index (χ0n) is 14.9. The van der Waals surface area contributed by atoms with Crippen LogP contribution in [0.15, 0.2) is 4.52 Å². The molecule has 7 nitrogen and oxygen atoms in total. The van der Waals surface area contributed by atoms with Crippen LogP contribution in [0, 0.1) is 0 Å². The highest BCUT2D eigenvalue weighted by molar-refractivity contribution is 5.73. The van der Waals surface area contributed by atoms with Crippen LogP contribution in [0.1, 0.15) is 57.7 Å². The van der Waals surface area contributed by atoms with Crippen molar-refractivity contribution in [2.45, 2.75) is 64.6 Å². The van der Waals surface area contributed by atoms with Crippen LogP contribution >= 0.6 is 0 Å². The Labute approximate surface area is 143 Å². The number of ether oxygens (including phenoxy) is 1. The molecule has 2 aliphatic heterocycles. The molecule has 1 aromatic heterocycles. The summed E-state index contributed by atoms with van der Waals surface area (Å²) in [5, 5.41) is 4.02. The summed E-state index contributed by atoms with van der Waals surface area (Å²) in [5.74, 6) is 1.48. The topological polar surface area (TPSA) is 71.7 Å². The van der Waals surface area contributed by atoms with Gasteiger partial charge in [-0.15, -0.1) is 0 Å². The van der Waals surface area contributed by atoms with Gasteiger partial charge in [0.2, 0.25) is 11.8 Å². The first-order valence-electron chi connectivity index (χ1n) is 8.96. The van der Waals surface area contributed by atoms with E-state index < -0.39 is 0 Å². The summed E-state index contributed by atoms with van der Waals surface area (Å²) in [4.78, 5) is 20.8. The quantitative estimate of drug-likeness (QED) is 0.789. The van der Waals surface area contributed by atoms with E-state index in [1.54, 1.807) is 6.92 Å². The number of likely N-dealkylation sites (tertiary alicyclic amines) is 1. The second kappa shape index (κ2) is 7.61. The first-order chi connectivity index (χ1) is 11.5. The Kier molecular flexibility index (Phi) is 5.50. The van der Waals surface area contributed by atoms with E-state index in [1.165, 1.54) is 0 Å². The maximum atomic E-state index is 12.1.